The van der Waals surface area contributed by atoms with Crippen LogP contribution in [0.25, 0.3) is 0 Å². The van der Waals surface area contributed by atoms with Crippen LogP contribution >= 0.6 is 0 Å². The van der Waals surface area contributed by atoms with Crippen LogP contribution < -0.4 is 4.90 Å². The van der Waals surface area contributed by atoms with E-state index >= 15 is 0 Å². The molecule has 0 spiro atoms. The smallest absolute Gasteiger partial charge is 0.258 e. The fraction of sp³-hybridized carbons (Fsp3) is 0.462. The second-order valence-electron chi connectivity index (χ2n) is 4.75. The largest absolute Gasteiger partial charge is 0.381 e. The first-order chi connectivity index (χ1) is 7.50. The van der Waals surface area contributed by atoms with Crippen molar-refractivity contribution in [2.75, 3.05) is 11.4 Å². The highest BCUT2D eigenvalue weighted by Crippen LogP contribution is 2.28. The SMILES string of the molecule is CC(C)(O)C(=O)N1CCCc2ccccc21. The van der Waals surface area contributed by atoms with Gasteiger partial charge in [0.1, 0.15) is 5.60 Å². The average molecular weight is 219 g/mol. The number of benzene rings is 1. The maximum Gasteiger partial charge on any atom is 0.258 e. The third kappa shape index (κ3) is 1.95. The zero-order chi connectivity index (χ0) is 11.8. The van der Waals surface area contributed by atoms with Gasteiger partial charge in [-0.2, -0.15) is 0 Å². The number of aliphatic hydroxyl groups is 1. The molecule has 0 unspecified atom stereocenters. The summed E-state index contributed by atoms with van der Waals surface area (Å²) in [7, 11) is 0. The molecular weight excluding hydrogens is 202 g/mol. The molecule has 16 heavy (non-hydrogen) atoms. The van der Waals surface area contributed by atoms with Crippen LogP contribution in [0.5, 0.6) is 0 Å². The van der Waals surface area contributed by atoms with Crippen molar-refractivity contribution in [3.8, 4) is 0 Å². The number of fused-ring (bicyclic) bond motifs is 1. The predicted molar refractivity (Wildman–Crippen MR) is 63.4 cm³/mol. The highest BCUT2D eigenvalue weighted by molar-refractivity contribution is 5.99. The molecule has 0 aliphatic carbocycles. The quantitative estimate of drug-likeness (QED) is 0.781. The van der Waals surface area contributed by atoms with E-state index in [0.717, 1.165) is 18.5 Å². The Kier molecular flexibility index (Phi) is 2.72. The molecule has 0 bridgehead atoms. The number of aryl methyl sites for hydroxylation is 1. The first kappa shape index (κ1) is 11.1. The summed E-state index contributed by atoms with van der Waals surface area (Å²) >= 11 is 0. The normalized spacial score (nSPS) is 15.8. The van der Waals surface area contributed by atoms with Crippen LogP contribution in [0.1, 0.15) is 25.8 Å². The van der Waals surface area contributed by atoms with Crippen LogP contribution in [0.4, 0.5) is 5.69 Å². The molecule has 1 amide bonds. The Labute approximate surface area is 95.7 Å². The number of nitrogens with zero attached hydrogens (tertiary/aromatic N) is 1. The lowest BCUT2D eigenvalue weighted by molar-refractivity contribution is -0.133. The van der Waals surface area contributed by atoms with Gasteiger partial charge in [-0.25, -0.2) is 0 Å². The molecule has 1 aromatic carbocycles. The highest BCUT2D eigenvalue weighted by Gasteiger charge is 2.32. The van der Waals surface area contributed by atoms with Crippen molar-refractivity contribution in [1.82, 2.24) is 0 Å². The molecule has 1 aliphatic rings. The van der Waals surface area contributed by atoms with Crippen molar-refractivity contribution in [2.45, 2.75) is 32.3 Å². The highest BCUT2D eigenvalue weighted by atomic mass is 16.3. The molecule has 0 fully saturated rings. The molecule has 0 atom stereocenters. The summed E-state index contributed by atoms with van der Waals surface area (Å²) in [6, 6.07) is 7.89. The van der Waals surface area contributed by atoms with Gasteiger partial charge in [0.2, 0.25) is 0 Å². The number of carbonyl (C=O) groups is 1. The lowest BCUT2D eigenvalue weighted by Crippen LogP contribution is -2.47. The second kappa shape index (κ2) is 3.91. The van der Waals surface area contributed by atoms with E-state index in [1.54, 1.807) is 4.90 Å². The first-order valence-corrected chi connectivity index (χ1v) is 5.62. The van der Waals surface area contributed by atoms with Gasteiger partial charge in [0.15, 0.2) is 0 Å². The summed E-state index contributed by atoms with van der Waals surface area (Å²) < 4.78 is 0. The summed E-state index contributed by atoms with van der Waals surface area (Å²) in [6.45, 7) is 3.76. The zero-order valence-electron chi connectivity index (χ0n) is 9.73. The van der Waals surface area contributed by atoms with Gasteiger partial charge in [-0.15, -0.1) is 0 Å². The second-order valence-corrected chi connectivity index (χ2v) is 4.75. The third-order valence-corrected chi connectivity index (χ3v) is 2.88. The van der Waals surface area contributed by atoms with Crippen LogP contribution in [0.3, 0.4) is 0 Å². The molecule has 1 N–H and O–H groups in total. The molecule has 0 aromatic heterocycles. The predicted octanol–water partition coefficient (Wildman–Crippen LogP) is 1.74. The van der Waals surface area contributed by atoms with Crippen LogP contribution in [0, 0.1) is 0 Å². The summed E-state index contributed by atoms with van der Waals surface area (Å²) in [5.41, 5.74) is 0.831. The fourth-order valence-electron chi connectivity index (χ4n) is 2.07. The number of amides is 1. The van der Waals surface area contributed by atoms with Gasteiger partial charge >= 0.3 is 0 Å². The molecule has 0 saturated heterocycles. The van der Waals surface area contributed by atoms with Crippen molar-refractivity contribution in [2.24, 2.45) is 0 Å². The van der Waals surface area contributed by atoms with Crippen LogP contribution in [0.2, 0.25) is 0 Å². The van der Waals surface area contributed by atoms with Crippen molar-refractivity contribution < 1.29 is 9.90 Å². The van der Waals surface area contributed by atoms with Crippen molar-refractivity contribution in [3.05, 3.63) is 29.8 Å². The molecule has 3 nitrogen and oxygen atoms in total. The molecule has 1 aliphatic heterocycles. The van der Waals surface area contributed by atoms with E-state index in [-0.39, 0.29) is 5.91 Å². The van der Waals surface area contributed by atoms with Crippen LogP contribution in [-0.4, -0.2) is 23.2 Å². The van der Waals surface area contributed by atoms with Crippen LogP contribution in [-0.2, 0) is 11.2 Å². The van der Waals surface area contributed by atoms with Gasteiger partial charge in [0.05, 0.1) is 0 Å². The van der Waals surface area contributed by atoms with Crippen molar-refractivity contribution in [1.29, 1.82) is 0 Å². The summed E-state index contributed by atoms with van der Waals surface area (Å²) in [5, 5.41) is 9.77. The summed E-state index contributed by atoms with van der Waals surface area (Å²) in [4.78, 5) is 13.8. The molecule has 1 aromatic rings. The van der Waals surface area contributed by atoms with E-state index < -0.39 is 5.60 Å². The van der Waals surface area contributed by atoms with Crippen molar-refractivity contribution in [3.63, 3.8) is 0 Å². The van der Waals surface area contributed by atoms with Gasteiger partial charge < -0.3 is 10.0 Å². The Morgan fingerprint density at radius 2 is 2.06 bits per heavy atom. The minimum Gasteiger partial charge on any atom is -0.381 e. The van der Waals surface area contributed by atoms with Gasteiger partial charge in [-0.3, -0.25) is 4.79 Å². The zero-order valence-corrected chi connectivity index (χ0v) is 9.73. The monoisotopic (exact) mass is 219 g/mol. The average Bonchev–Trinajstić information content (AvgIpc) is 2.26. The molecule has 0 radical (unpaired) electrons. The maximum absolute atomic E-state index is 12.1. The number of rotatable bonds is 1. The Balaban J connectivity index is 2.36. The van der Waals surface area contributed by atoms with E-state index in [1.807, 2.05) is 24.3 Å². The van der Waals surface area contributed by atoms with E-state index in [4.69, 9.17) is 0 Å². The van der Waals surface area contributed by atoms with Gasteiger partial charge in [-0.05, 0) is 38.3 Å². The van der Waals surface area contributed by atoms with Gasteiger partial charge in [-0.1, -0.05) is 18.2 Å². The summed E-state index contributed by atoms with van der Waals surface area (Å²) in [6.07, 6.45) is 1.96. The molecule has 3 heteroatoms. The number of para-hydroxylation sites is 1. The van der Waals surface area contributed by atoms with E-state index in [0.29, 0.717) is 6.54 Å². The molecule has 2 rings (SSSR count). The minimum atomic E-state index is -1.30. The Hall–Kier alpha value is -1.35. The van der Waals surface area contributed by atoms with Gasteiger partial charge in [0.25, 0.3) is 5.91 Å². The third-order valence-electron chi connectivity index (χ3n) is 2.88. The van der Waals surface area contributed by atoms with E-state index in [1.165, 1.54) is 19.4 Å². The number of carbonyl (C=O) groups excluding carboxylic acids is 1. The Morgan fingerprint density at radius 1 is 1.38 bits per heavy atom. The molecule has 0 saturated carbocycles. The lowest BCUT2D eigenvalue weighted by Gasteiger charge is -2.33. The molecular formula is C13H17NO2. The van der Waals surface area contributed by atoms with Crippen LogP contribution in [0.15, 0.2) is 24.3 Å². The van der Waals surface area contributed by atoms with E-state index in [2.05, 4.69) is 0 Å². The Morgan fingerprint density at radius 3 is 2.75 bits per heavy atom. The lowest BCUT2D eigenvalue weighted by atomic mass is 9.99. The number of anilines is 1. The molecule has 86 valence electrons. The first-order valence-electron chi connectivity index (χ1n) is 5.62. The summed E-state index contributed by atoms with van der Waals surface area (Å²) in [5.74, 6) is -0.223. The molecule has 1 heterocycles. The minimum absolute atomic E-state index is 0.223. The van der Waals surface area contributed by atoms with E-state index in [9.17, 15) is 9.90 Å². The number of hydrogen-bond donors (Lipinski definition) is 1. The topological polar surface area (TPSA) is 40.5 Å². The van der Waals surface area contributed by atoms with Crippen molar-refractivity contribution >= 4 is 11.6 Å². The Bertz CT molecular complexity index is 407. The number of hydrogen-bond acceptors (Lipinski definition) is 2. The maximum atomic E-state index is 12.1. The van der Waals surface area contributed by atoms with Gasteiger partial charge in [0, 0.05) is 12.2 Å². The standard InChI is InChI=1S/C13H17NO2/c1-13(2,16)12(15)14-9-5-7-10-6-3-4-8-11(10)14/h3-4,6,8,16H,5,7,9H2,1-2H3. The fourth-order valence-corrected chi connectivity index (χ4v) is 2.07.